The van der Waals surface area contributed by atoms with Gasteiger partial charge in [-0.3, -0.25) is 0 Å². The van der Waals surface area contributed by atoms with Crippen molar-refractivity contribution in [2.24, 2.45) is 0 Å². The van der Waals surface area contributed by atoms with E-state index in [-0.39, 0.29) is 6.10 Å². The van der Waals surface area contributed by atoms with Crippen LogP contribution in [0.5, 0.6) is 0 Å². The first kappa shape index (κ1) is 15.2. The molecule has 2 nitrogen and oxygen atoms in total. The molecule has 0 saturated heterocycles. The lowest BCUT2D eigenvalue weighted by Crippen LogP contribution is -2.33. The minimum absolute atomic E-state index is 0.247. The molecule has 0 heterocycles. The van der Waals surface area contributed by atoms with Crippen molar-refractivity contribution in [3.05, 3.63) is 34.9 Å². The van der Waals surface area contributed by atoms with Crippen LogP contribution >= 0.6 is 0 Å². The van der Waals surface area contributed by atoms with Crippen LogP contribution in [0.4, 0.5) is 0 Å². The number of benzene rings is 1. The van der Waals surface area contributed by atoms with E-state index in [0.717, 1.165) is 19.4 Å². The van der Waals surface area contributed by atoms with E-state index in [0.29, 0.717) is 6.04 Å². The quantitative estimate of drug-likeness (QED) is 0.794. The molecule has 0 amide bonds. The number of likely N-dealkylation sites (N-methyl/N-ethyl adjacent to an activating group) is 1. The Bertz CT molecular complexity index is 362. The van der Waals surface area contributed by atoms with Gasteiger partial charge < -0.3 is 10.1 Å². The van der Waals surface area contributed by atoms with Crippen LogP contribution in [0.15, 0.2) is 18.2 Å². The molecule has 2 heteroatoms. The van der Waals surface area contributed by atoms with Gasteiger partial charge in [-0.25, -0.2) is 0 Å². The lowest BCUT2D eigenvalue weighted by molar-refractivity contribution is 0.0609. The molecule has 0 fully saturated rings. The van der Waals surface area contributed by atoms with E-state index >= 15 is 0 Å². The number of nitrogens with one attached hydrogen (secondary N) is 1. The van der Waals surface area contributed by atoms with Gasteiger partial charge in [-0.2, -0.15) is 0 Å². The summed E-state index contributed by atoms with van der Waals surface area (Å²) in [6.45, 7) is 9.64. The van der Waals surface area contributed by atoms with E-state index in [1.807, 2.05) is 7.11 Å². The Morgan fingerprint density at radius 3 is 2.44 bits per heavy atom. The summed E-state index contributed by atoms with van der Waals surface area (Å²) in [5, 5.41) is 3.57. The molecule has 0 saturated carbocycles. The molecule has 0 aliphatic rings. The predicted octanol–water partition coefficient (Wildman–Crippen LogP) is 3.77. The molecule has 1 aromatic rings. The lowest BCUT2D eigenvalue weighted by atomic mass is 9.93. The highest BCUT2D eigenvalue weighted by molar-refractivity contribution is 5.33. The van der Waals surface area contributed by atoms with Crippen molar-refractivity contribution in [3.8, 4) is 0 Å². The molecule has 0 spiro atoms. The maximum Gasteiger partial charge on any atom is 0.0765 e. The molecule has 18 heavy (non-hydrogen) atoms. The first-order chi connectivity index (χ1) is 8.63. The second-order valence-electron chi connectivity index (χ2n) is 4.96. The highest BCUT2D eigenvalue weighted by atomic mass is 16.5. The Labute approximate surface area is 112 Å². The number of methoxy groups -OCH3 is 1. The molecule has 2 unspecified atom stereocenters. The number of rotatable bonds is 7. The standard InChI is InChI=1S/C16H27NO/c1-6-8-15(18-5)16(17-7-2)14-10-9-12(3)11-13(14)4/h9-11,15-17H,6-8H2,1-5H3. The third kappa shape index (κ3) is 3.82. The Balaban J connectivity index is 3.01. The summed E-state index contributed by atoms with van der Waals surface area (Å²) in [4.78, 5) is 0. The fraction of sp³-hybridized carbons (Fsp3) is 0.625. The molecule has 0 radical (unpaired) electrons. The largest absolute Gasteiger partial charge is 0.379 e. The Hall–Kier alpha value is -0.860. The molecule has 2 atom stereocenters. The van der Waals surface area contributed by atoms with Crippen molar-refractivity contribution >= 4 is 0 Å². The Morgan fingerprint density at radius 2 is 1.94 bits per heavy atom. The van der Waals surface area contributed by atoms with Crippen LogP contribution in [-0.4, -0.2) is 19.8 Å². The molecule has 0 aromatic heterocycles. The van der Waals surface area contributed by atoms with Crippen LogP contribution in [0.25, 0.3) is 0 Å². The maximum atomic E-state index is 5.68. The third-order valence-corrected chi connectivity index (χ3v) is 3.43. The second-order valence-corrected chi connectivity index (χ2v) is 4.96. The molecule has 0 bridgehead atoms. The van der Waals surface area contributed by atoms with Crippen molar-refractivity contribution in [3.63, 3.8) is 0 Å². The predicted molar refractivity (Wildman–Crippen MR) is 78.0 cm³/mol. The van der Waals surface area contributed by atoms with Crippen molar-refractivity contribution in [1.29, 1.82) is 0 Å². The SMILES string of the molecule is CCCC(OC)C(NCC)c1ccc(C)cc1C. The van der Waals surface area contributed by atoms with Gasteiger partial charge in [0.2, 0.25) is 0 Å². The van der Waals surface area contributed by atoms with Crippen molar-refractivity contribution in [2.75, 3.05) is 13.7 Å². The Kier molecular flexibility index (Phi) is 6.37. The summed E-state index contributed by atoms with van der Waals surface area (Å²) in [7, 11) is 1.81. The smallest absolute Gasteiger partial charge is 0.0765 e. The average Bonchev–Trinajstić information content (AvgIpc) is 2.34. The van der Waals surface area contributed by atoms with E-state index in [2.05, 4.69) is 51.2 Å². The molecule has 1 rings (SSSR count). The Morgan fingerprint density at radius 1 is 1.22 bits per heavy atom. The number of hydrogen-bond donors (Lipinski definition) is 1. The first-order valence-corrected chi connectivity index (χ1v) is 6.97. The molecule has 1 N–H and O–H groups in total. The van der Waals surface area contributed by atoms with E-state index in [1.165, 1.54) is 16.7 Å². The molecule has 1 aromatic carbocycles. The molecule has 0 aliphatic heterocycles. The molecular weight excluding hydrogens is 222 g/mol. The average molecular weight is 249 g/mol. The van der Waals surface area contributed by atoms with Crippen LogP contribution in [0, 0.1) is 13.8 Å². The highest BCUT2D eigenvalue weighted by Gasteiger charge is 2.22. The maximum absolute atomic E-state index is 5.68. The van der Waals surface area contributed by atoms with Gasteiger partial charge in [0.05, 0.1) is 12.1 Å². The van der Waals surface area contributed by atoms with Gasteiger partial charge in [-0.1, -0.05) is 44.0 Å². The summed E-state index contributed by atoms with van der Waals surface area (Å²) < 4.78 is 5.68. The number of hydrogen-bond acceptors (Lipinski definition) is 2. The third-order valence-electron chi connectivity index (χ3n) is 3.43. The monoisotopic (exact) mass is 249 g/mol. The van der Waals surface area contributed by atoms with Crippen LogP contribution < -0.4 is 5.32 Å². The van der Waals surface area contributed by atoms with Gasteiger partial charge in [0.25, 0.3) is 0 Å². The van der Waals surface area contributed by atoms with E-state index in [9.17, 15) is 0 Å². The molecular formula is C16H27NO. The summed E-state index contributed by atoms with van der Waals surface area (Å²) in [6, 6.07) is 6.96. The number of ether oxygens (including phenoxy) is 1. The normalized spacial score (nSPS) is 14.5. The molecule has 102 valence electrons. The fourth-order valence-electron chi connectivity index (χ4n) is 2.54. The summed E-state index contributed by atoms with van der Waals surface area (Å²) in [5.74, 6) is 0. The lowest BCUT2D eigenvalue weighted by Gasteiger charge is -2.28. The van der Waals surface area contributed by atoms with Gasteiger partial charge in [0.1, 0.15) is 0 Å². The van der Waals surface area contributed by atoms with E-state index in [1.54, 1.807) is 0 Å². The zero-order chi connectivity index (χ0) is 13.5. The number of aryl methyl sites for hydroxylation is 2. The van der Waals surface area contributed by atoms with Crippen LogP contribution in [0.3, 0.4) is 0 Å². The topological polar surface area (TPSA) is 21.3 Å². The van der Waals surface area contributed by atoms with Crippen molar-refractivity contribution in [1.82, 2.24) is 5.32 Å². The second kappa shape index (κ2) is 7.55. The summed E-state index contributed by atoms with van der Waals surface area (Å²) in [5.41, 5.74) is 4.03. The van der Waals surface area contributed by atoms with Gasteiger partial charge in [0.15, 0.2) is 0 Å². The van der Waals surface area contributed by atoms with Gasteiger partial charge in [0, 0.05) is 7.11 Å². The van der Waals surface area contributed by atoms with Crippen molar-refractivity contribution in [2.45, 2.75) is 52.7 Å². The molecule has 0 aliphatic carbocycles. The van der Waals surface area contributed by atoms with Crippen LogP contribution in [-0.2, 0) is 4.74 Å². The van der Waals surface area contributed by atoms with Crippen molar-refractivity contribution < 1.29 is 4.74 Å². The van der Waals surface area contributed by atoms with E-state index < -0.39 is 0 Å². The highest BCUT2D eigenvalue weighted by Crippen LogP contribution is 2.25. The zero-order valence-corrected chi connectivity index (χ0v) is 12.4. The summed E-state index contributed by atoms with van der Waals surface area (Å²) in [6.07, 6.45) is 2.48. The van der Waals surface area contributed by atoms with Gasteiger partial charge >= 0.3 is 0 Å². The zero-order valence-electron chi connectivity index (χ0n) is 12.4. The van der Waals surface area contributed by atoms with Crippen LogP contribution in [0.2, 0.25) is 0 Å². The van der Waals surface area contributed by atoms with Crippen LogP contribution in [0.1, 0.15) is 49.4 Å². The van der Waals surface area contributed by atoms with Gasteiger partial charge in [-0.15, -0.1) is 0 Å². The first-order valence-electron chi connectivity index (χ1n) is 6.97. The minimum Gasteiger partial charge on any atom is -0.379 e. The summed E-state index contributed by atoms with van der Waals surface area (Å²) >= 11 is 0. The minimum atomic E-state index is 0.247. The van der Waals surface area contributed by atoms with Gasteiger partial charge in [-0.05, 0) is 37.9 Å². The fourth-order valence-corrected chi connectivity index (χ4v) is 2.54. The van der Waals surface area contributed by atoms with E-state index in [4.69, 9.17) is 4.74 Å².